The molecule has 0 bridgehead atoms. The fourth-order valence-electron chi connectivity index (χ4n) is 2.50. The van der Waals surface area contributed by atoms with Gasteiger partial charge in [0.25, 0.3) is 0 Å². The zero-order valence-corrected chi connectivity index (χ0v) is 10.4. The molecule has 0 N–H and O–H groups in total. The molecule has 0 aromatic carbocycles. The maximum Gasteiger partial charge on any atom is 0.152 e. The van der Waals surface area contributed by atoms with Gasteiger partial charge < -0.3 is 0 Å². The zero-order chi connectivity index (χ0) is 11.7. The predicted octanol–water partition coefficient (Wildman–Crippen LogP) is 3.14. The quantitative estimate of drug-likeness (QED) is 0.527. The maximum atomic E-state index is 12.1. The molecule has 0 spiro atoms. The van der Waals surface area contributed by atoms with Crippen molar-refractivity contribution in [2.75, 3.05) is 0 Å². The Kier molecular flexibility index (Phi) is 3.37. The van der Waals surface area contributed by atoms with Gasteiger partial charge >= 0.3 is 0 Å². The minimum absolute atomic E-state index is 0.117. The molecule has 0 radical (unpaired) electrons. The van der Waals surface area contributed by atoms with Gasteiger partial charge in [-0.25, -0.2) is 0 Å². The second-order valence-corrected chi connectivity index (χ2v) is 5.57. The fourth-order valence-corrected chi connectivity index (χ4v) is 2.50. The molecule has 1 aliphatic rings. The summed E-state index contributed by atoms with van der Waals surface area (Å²) in [7, 11) is 0. The monoisotopic (exact) mass is 210 g/mol. The van der Waals surface area contributed by atoms with Crippen LogP contribution in [0.1, 0.15) is 59.8 Å². The number of ketones is 2. The summed E-state index contributed by atoms with van der Waals surface area (Å²) in [5.74, 6) is 0.266. The first-order chi connectivity index (χ1) is 6.84. The molecule has 0 aromatic rings. The zero-order valence-electron chi connectivity index (χ0n) is 10.4. The number of hydrogen-bond acceptors (Lipinski definition) is 2. The summed E-state index contributed by atoms with van der Waals surface area (Å²) in [6, 6.07) is 0. The molecule has 1 rings (SSSR count). The van der Waals surface area contributed by atoms with Crippen molar-refractivity contribution < 1.29 is 9.59 Å². The Bertz CT molecular complexity index is 278. The fraction of sp³-hybridized carbons (Fsp3) is 0.846. The summed E-state index contributed by atoms with van der Waals surface area (Å²) in [6.45, 7) is 7.64. The molecule has 1 aliphatic carbocycles. The number of carbonyl (C=O) groups is 2. The van der Waals surface area contributed by atoms with E-state index in [0.717, 1.165) is 25.7 Å². The van der Waals surface area contributed by atoms with Crippen LogP contribution in [0.2, 0.25) is 0 Å². The molecule has 0 aliphatic heterocycles. The average Bonchev–Trinajstić information content (AvgIpc) is 2.29. The molecule has 0 saturated heterocycles. The van der Waals surface area contributed by atoms with Crippen LogP contribution in [0.15, 0.2) is 0 Å². The molecule has 1 saturated carbocycles. The summed E-state index contributed by atoms with van der Waals surface area (Å²) in [6.07, 6.45) is 4.68. The van der Waals surface area contributed by atoms with E-state index in [4.69, 9.17) is 0 Å². The maximum absolute atomic E-state index is 12.1. The summed E-state index contributed by atoms with van der Waals surface area (Å²) < 4.78 is 0. The van der Waals surface area contributed by atoms with E-state index in [1.807, 2.05) is 6.92 Å². The highest BCUT2D eigenvalue weighted by molar-refractivity contribution is 6.15. The average molecular weight is 210 g/mol. The third-order valence-electron chi connectivity index (χ3n) is 3.70. The predicted molar refractivity (Wildman–Crippen MR) is 60.7 cm³/mol. The highest BCUT2D eigenvalue weighted by atomic mass is 16.2. The molecule has 86 valence electrons. The van der Waals surface area contributed by atoms with Crippen LogP contribution >= 0.6 is 0 Å². The second kappa shape index (κ2) is 4.07. The first-order valence-corrected chi connectivity index (χ1v) is 5.93. The van der Waals surface area contributed by atoms with Gasteiger partial charge in [0.15, 0.2) is 5.78 Å². The summed E-state index contributed by atoms with van der Waals surface area (Å²) in [5.41, 5.74) is -1.11. The van der Waals surface area contributed by atoms with E-state index in [1.165, 1.54) is 0 Å². The summed E-state index contributed by atoms with van der Waals surface area (Å²) >= 11 is 0. The number of carbonyl (C=O) groups excluding carboxylic acids is 2. The van der Waals surface area contributed by atoms with Crippen LogP contribution in [0, 0.1) is 10.8 Å². The number of hydrogen-bond donors (Lipinski definition) is 0. The van der Waals surface area contributed by atoms with Crippen LogP contribution in [-0.4, -0.2) is 11.6 Å². The lowest BCUT2D eigenvalue weighted by molar-refractivity contribution is -0.135. The highest BCUT2D eigenvalue weighted by Gasteiger charge is 2.54. The molecule has 1 fully saturated rings. The molecule has 1 unspecified atom stereocenters. The van der Waals surface area contributed by atoms with Crippen molar-refractivity contribution in [2.45, 2.75) is 59.8 Å². The molecule has 2 nitrogen and oxygen atoms in total. The van der Waals surface area contributed by atoms with Crippen LogP contribution in [-0.2, 0) is 9.59 Å². The van der Waals surface area contributed by atoms with Crippen molar-refractivity contribution >= 4 is 11.6 Å². The smallest absolute Gasteiger partial charge is 0.152 e. The molecular weight excluding hydrogens is 188 g/mol. The number of unbranched alkanes of at least 4 members (excludes halogenated alkanes) is 2. The topological polar surface area (TPSA) is 34.1 Å². The van der Waals surface area contributed by atoms with Gasteiger partial charge in [0.2, 0.25) is 0 Å². The van der Waals surface area contributed by atoms with Crippen molar-refractivity contribution in [3.63, 3.8) is 0 Å². The number of Topliss-reactive ketones (excluding diaryl/α,β-unsaturated/α-hetero) is 2. The highest BCUT2D eigenvalue weighted by Crippen LogP contribution is 2.45. The van der Waals surface area contributed by atoms with Crippen LogP contribution in [0.3, 0.4) is 0 Å². The summed E-state index contributed by atoms with van der Waals surface area (Å²) in [5, 5.41) is 0. The molecule has 15 heavy (non-hydrogen) atoms. The van der Waals surface area contributed by atoms with E-state index in [1.54, 1.807) is 13.8 Å². The molecular formula is C13H22O2. The van der Waals surface area contributed by atoms with E-state index in [-0.39, 0.29) is 17.0 Å². The Balaban J connectivity index is 2.71. The molecule has 0 heterocycles. The third kappa shape index (κ3) is 2.14. The van der Waals surface area contributed by atoms with Crippen molar-refractivity contribution in [3.05, 3.63) is 0 Å². The van der Waals surface area contributed by atoms with E-state index in [0.29, 0.717) is 6.42 Å². The van der Waals surface area contributed by atoms with Crippen molar-refractivity contribution in [3.8, 4) is 0 Å². The SMILES string of the molecule is CCCCCC1(C)CC(=O)C(C)(C)C1=O. The Morgan fingerprint density at radius 1 is 1.13 bits per heavy atom. The number of rotatable bonds is 4. The van der Waals surface area contributed by atoms with Crippen LogP contribution in [0.25, 0.3) is 0 Å². The Morgan fingerprint density at radius 3 is 2.13 bits per heavy atom. The normalized spacial score (nSPS) is 29.9. The second-order valence-electron chi connectivity index (χ2n) is 5.57. The minimum Gasteiger partial charge on any atom is -0.299 e. The molecule has 2 heteroatoms. The van der Waals surface area contributed by atoms with Gasteiger partial charge in [-0.15, -0.1) is 0 Å². The van der Waals surface area contributed by atoms with Gasteiger partial charge in [-0.1, -0.05) is 33.1 Å². The first kappa shape index (κ1) is 12.4. The van der Waals surface area contributed by atoms with Gasteiger partial charge in [-0.3, -0.25) is 9.59 Å². The van der Waals surface area contributed by atoms with Crippen molar-refractivity contribution in [1.82, 2.24) is 0 Å². The lowest BCUT2D eigenvalue weighted by atomic mass is 9.78. The van der Waals surface area contributed by atoms with Gasteiger partial charge in [0.05, 0.1) is 5.41 Å². The Labute approximate surface area is 92.4 Å². The van der Waals surface area contributed by atoms with Gasteiger partial charge in [-0.05, 0) is 20.3 Å². The van der Waals surface area contributed by atoms with Crippen molar-refractivity contribution in [1.29, 1.82) is 0 Å². The lowest BCUT2D eigenvalue weighted by Crippen LogP contribution is -2.31. The van der Waals surface area contributed by atoms with Crippen molar-refractivity contribution in [2.24, 2.45) is 10.8 Å². The third-order valence-corrected chi connectivity index (χ3v) is 3.70. The van der Waals surface area contributed by atoms with E-state index < -0.39 is 5.41 Å². The van der Waals surface area contributed by atoms with E-state index >= 15 is 0 Å². The molecule has 0 aromatic heterocycles. The molecule has 0 amide bonds. The molecule has 1 atom stereocenters. The Morgan fingerprint density at radius 2 is 1.73 bits per heavy atom. The van der Waals surface area contributed by atoms with E-state index in [2.05, 4.69) is 6.92 Å². The largest absolute Gasteiger partial charge is 0.299 e. The first-order valence-electron chi connectivity index (χ1n) is 5.93. The summed E-state index contributed by atoms with van der Waals surface area (Å²) in [4.78, 5) is 23.9. The van der Waals surface area contributed by atoms with Crippen LogP contribution in [0.5, 0.6) is 0 Å². The standard InChI is InChI=1S/C13H22O2/c1-5-6-7-8-13(4)9-10(14)12(2,3)11(13)15/h5-9H2,1-4H3. The van der Waals surface area contributed by atoms with Gasteiger partial charge in [0, 0.05) is 11.8 Å². The van der Waals surface area contributed by atoms with Crippen LogP contribution in [0.4, 0.5) is 0 Å². The van der Waals surface area contributed by atoms with Crippen LogP contribution < -0.4 is 0 Å². The van der Waals surface area contributed by atoms with Gasteiger partial charge in [-0.2, -0.15) is 0 Å². The van der Waals surface area contributed by atoms with E-state index in [9.17, 15) is 9.59 Å². The Hall–Kier alpha value is -0.660. The minimum atomic E-state index is -0.735. The lowest BCUT2D eigenvalue weighted by Gasteiger charge is -2.23. The van der Waals surface area contributed by atoms with Gasteiger partial charge in [0.1, 0.15) is 5.78 Å².